The van der Waals surface area contributed by atoms with Crippen molar-refractivity contribution in [3.8, 4) is 6.07 Å². The first-order chi connectivity index (χ1) is 15.8. The summed E-state index contributed by atoms with van der Waals surface area (Å²) < 4.78 is 85.3. The molecule has 5 rings (SSSR count). The van der Waals surface area contributed by atoms with Gasteiger partial charge in [-0.3, -0.25) is 4.79 Å². The predicted molar refractivity (Wildman–Crippen MR) is 104 cm³/mol. The summed E-state index contributed by atoms with van der Waals surface area (Å²) in [6.07, 6.45) is -12.0. The van der Waals surface area contributed by atoms with Crippen LogP contribution in [-0.4, -0.2) is 29.3 Å². The maximum atomic E-state index is 13.5. The van der Waals surface area contributed by atoms with Gasteiger partial charge in [-0.25, -0.2) is 0 Å². The number of anilines is 1. The van der Waals surface area contributed by atoms with Gasteiger partial charge in [-0.1, -0.05) is 18.2 Å². The van der Waals surface area contributed by atoms with Crippen molar-refractivity contribution in [2.45, 2.75) is 48.9 Å². The SMILES string of the molecule is N#Cc1ccc(C(F)(F)F)cc1NC(=O)[C@]12C[C@@]1(c1cccc(C(F)(F)F)c1)[C@H]1O[C@@H]2C[C@@H]1O. The number of rotatable bonds is 3. The van der Waals surface area contributed by atoms with E-state index in [1.54, 1.807) is 6.07 Å². The number of nitriles is 1. The molecule has 1 saturated carbocycles. The molecule has 1 amide bonds. The third-order valence-corrected chi connectivity index (χ3v) is 7.21. The number of halogens is 6. The lowest BCUT2D eigenvalue weighted by atomic mass is 9.73. The molecule has 2 aromatic carbocycles. The lowest BCUT2D eigenvalue weighted by Gasteiger charge is -2.30. The molecule has 11 heteroatoms. The van der Waals surface area contributed by atoms with Gasteiger partial charge in [-0.2, -0.15) is 31.6 Å². The molecule has 2 bridgehead atoms. The molecule has 3 aliphatic rings. The molecular formula is C23H16F6N2O3. The van der Waals surface area contributed by atoms with Crippen LogP contribution in [0.25, 0.3) is 0 Å². The Hall–Kier alpha value is -3.10. The van der Waals surface area contributed by atoms with Gasteiger partial charge in [0, 0.05) is 11.8 Å². The number of hydrogen-bond acceptors (Lipinski definition) is 4. The zero-order valence-electron chi connectivity index (χ0n) is 17.2. The number of carbonyl (C=O) groups excluding carboxylic acids is 1. The Labute approximate surface area is 188 Å². The van der Waals surface area contributed by atoms with Crippen molar-refractivity contribution in [2.24, 2.45) is 5.41 Å². The first kappa shape index (κ1) is 22.7. The summed E-state index contributed by atoms with van der Waals surface area (Å²) in [4.78, 5) is 13.5. The average molecular weight is 482 g/mol. The molecule has 2 N–H and O–H groups in total. The van der Waals surface area contributed by atoms with Crippen molar-refractivity contribution in [3.63, 3.8) is 0 Å². The minimum atomic E-state index is -4.72. The van der Waals surface area contributed by atoms with E-state index in [9.17, 15) is 41.5 Å². The van der Waals surface area contributed by atoms with Crippen molar-refractivity contribution in [1.29, 1.82) is 5.26 Å². The second kappa shape index (κ2) is 6.96. The number of ether oxygens (including phenoxy) is 1. The highest BCUT2D eigenvalue weighted by atomic mass is 19.4. The van der Waals surface area contributed by atoms with Crippen LogP contribution in [0, 0.1) is 16.7 Å². The van der Waals surface area contributed by atoms with Crippen LogP contribution in [0.1, 0.15) is 35.1 Å². The molecule has 2 saturated heterocycles. The number of nitrogens with one attached hydrogen (secondary N) is 1. The Morgan fingerprint density at radius 3 is 2.41 bits per heavy atom. The number of alkyl halides is 6. The van der Waals surface area contributed by atoms with Crippen LogP contribution in [0.15, 0.2) is 42.5 Å². The van der Waals surface area contributed by atoms with Crippen LogP contribution in [0.5, 0.6) is 0 Å². The number of amides is 1. The first-order valence-corrected chi connectivity index (χ1v) is 10.3. The van der Waals surface area contributed by atoms with Gasteiger partial charge in [0.15, 0.2) is 0 Å². The fourth-order valence-electron chi connectivity index (χ4n) is 5.66. The molecule has 2 aliphatic heterocycles. The zero-order valence-corrected chi connectivity index (χ0v) is 17.2. The van der Waals surface area contributed by atoms with Gasteiger partial charge in [0.25, 0.3) is 0 Å². The van der Waals surface area contributed by atoms with E-state index >= 15 is 0 Å². The van der Waals surface area contributed by atoms with Crippen molar-refractivity contribution >= 4 is 11.6 Å². The summed E-state index contributed by atoms with van der Waals surface area (Å²) in [5, 5.41) is 22.1. The normalized spacial score (nSPS) is 31.6. The van der Waals surface area contributed by atoms with Gasteiger partial charge in [0.05, 0.1) is 46.1 Å². The molecule has 2 heterocycles. The smallest absolute Gasteiger partial charge is 0.390 e. The van der Waals surface area contributed by atoms with Crippen LogP contribution >= 0.6 is 0 Å². The number of aliphatic hydroxyl groups is 1. The maximum absolute atomic E-state index is 13.5. The van der Waals surface area contributed by atoms with Crippen LogP contribution in [-0.2, 0) is 27.3 Å². The quantitative estimate of drug-likeness (QED) is 0.636. The molecule has 0 radical (unpaired) electrons. The maximum Gasteiger partial charge on any atom is 0.416 e. The molecule has 34 heavy (non-hydrogen) atoms. The van der Waals surface area contributed by atoms with Crippen molar-refractivity contribution in [2.75, 3.05) is 5.32 Å². The predicted octanol–water partition coefficient (Wildman–Crippen LogP) is 4.39. The monoisotopic (exact) mass is 482 g/mol. The first-order valence-electron chi connectivity index (χ1n) is 10.3. The topological polar surface area (TPSA) is 82.4 Å². The molecule has 178 valence electrons. The number of nitrogens with zero attached hydrogens (tertiary/aromatic N) is 1. The third-order valence-electron chi connectivity index (χ3n) is 7.21. The summed E-state index contributed by atoms with van der Waals surface area (Å²) in [6.45, 7) is 0. The summed E-state index contributed by atoms with van der Waals surface area (Å²) in [5.74, 6) is -0.764. The van der Waals surface area contributed by atoms with E-state index < -0.39 is 58.5 Å². The van der Waals surface area contributed by atoms with Crippen LogP contribution in [0.3, 0.4) is 0 Å². The molecule has 0 aromatic heterocycles. The number of hydrogen-bond donors (Lipinski definition) is 2. The molecule has 0 spiro atoms. The number of carbonyl (C=O) groups is 1. The number of fused-ring (bicyclic) bond motifs is 5. The summed E-state index contributed by atoms with van der Waals surface area (Å²) in [6, 6.07) is 8.44. The van der Waals surface area contributed by atoms with Crippen LogP contribution in [0.2, 0.25) is 0 Å². The highest BCUT2D eigenvalue weighted by Crippen LogP contribution is 2.78. The lowest BCUT2D eigenvalue weighted by Crippen LogP contribution is -2.44. The van der Waals surface area contributed by atoms with Crippen LogP contribution < -0.4 is 5.32 Å². The minimum absolute atomic E-state index is 0.0559. The molecule has 1 aliphatic carbocycles. The molecule has 5 atom stereocenters. The largest absolute Gasteiger partial charge is 0.416 e. The fourth-order valence-corrected chi connectivity index (χ4v) is 5.66. The Kier molecular flexibility index (Phi) is 4.64. The second-order valence-corrected chi connectivity index (χ2v) is 8.87. The van der Waals surface area contributed by atoms with Crippen molar-refractivity contribution in [3.05, 3.63) is 64.7 Å². The summed E-state index contributed by atoms with van der Waals surface area (Å²) >= 11 is 0. The average Bonchev–Trinajstić information content (AvgIpc) is 3.25. The van der Waals surface area contributed by atoms with E-state index in [1.165, 1.54) is 12.1 Å². The number of aliphatic hydroxyl groups excluding tert-OH is 1. The van der Waals surface area contributed by atoms with E-state index in [4.69, 9.17) is 4.74 Å². The third kappa shape index (κ3) is 2.98. The second-order valence-electron chi connectivity index (χ2n) is 8.87. The van der Waals surface area contributed by atoms with E-state index in [0.29, 0.717) is 12.1 Å². The molecule has 2 aromatic rings. The number of benzene rings is 2. The Bertz CT molecular complexity index is 1240. The van der Waals surface area contributed by atoms with Crippen molar-refractivity contribution < 1.29 is 41.0 Å². The van der Waals surface area contributed by atoms with Crippen molar-refractivity contribution in [1.82, 2.24) is 0 Å². The van der Waals surface area contributed by atoms with E-state index in [-0.39, 0.29) is 29.7 Å². The Morgan fingerprint density at radius 1 is 1.09 bits per heavy atom. The highest BCUT2D eigenvalue weighted by molar-refractivity contribution is 6.02. The fraction of sp³-hybridized carbons (Fsp3) is 0.391. The van der Waals surface area contributed by atoms with Gasteiger partial charge in [-0.15, -0.1) is 0 Å². The lowest BCUT2D eigenvalue weighted by molar-refractivity contribution is -0.138. The van der Waals surface area contributed by atoms with Gasteiger partial charge in [0.2, 0.25) is 5.91 Å². The van der Waals surface area contributed by atoms with Gasteiger partial charge in [-0.05, 0) is 36.2 Å². The van der Waals surface area contributed by atoms with Gasteiger partial charge < -0.3 is 15.2 Å². The van der Waals surface area contributed by atoms with Crippen LogP contribution in [0.4, 0.5) is 32.0 Å². The van der Waals surface area contributed by atoms with Gasteiger partial charge >= 0.3 is 12.4 Å². The highest BCUT2D eigenvalue weighted by Gasteiger charge is 2.87. The summed E-state index contributed by atoms with van der Waals surface area (Å²) in [5.41, 5.74) is -5.05. The minimum Gasteiger partial charge on any atom is -0.390 e. The van der Waals surface area contributed by atoms with Gasteiger partial charge in [0.1, 0.15) is 6.07 Å². The molecule has 3 fully saturated rings. The standard InChI is InChI=1S/C23H16F6N2O3/c24-22(25,26)13-3-1-2-12(6-13)20-10-21(20,17-8-16(32)18(20)34-17)19(33)31-15-7-14(23(27,28)29)5-4-11(15)9-30/h1-7,16-18,32H,8,10H2,(H,31,33)/t16-,17+,18-,20+,21+/m0/s1. The molecule has 5 nitrogen and oxygen atoms in total. The molecular weight excluding hydrogens is 466 g/mol. The van der Waals surface area contributed by atoms with E-state index in [2.05, 4.69) is 5.32 Å². The van der Waals surface area contributed by atoms with E-state index in [0.717, 1.165) is 18.2 Å². The zero-order chi connectivity index (χ0) is 24.7. The summed E-state index contributed by atoms with van der Waals surface area (Å²) in [7, 11) is 0. The van der Waals surface area contributed by atoms with E-state index in [1.807, 2.05) is 0 Å². The molecule has 0 unspecified atom stereocenters. The Balaban J connectivity index is 1.55. The Morgan fingerprint density at radius 2 is 1.76 bits per heavy atom.